The summed E-state index contributed by atoms with van der Waals surface area (Å²) in [6, 6.07) is 5.03. The molecule has 1 aliphatic rings. The van der Waals surface area contributed by atoms with E-state index in [-0.39, 0.29) is 11.4 Å². The van der Waals surface area contributed by atoms with Crippen molar-refractivity contribution in [2.24, 2.45) is 0 Å². The van der Waals surface area contributed by atoms with Gasteiger partial charge in [0.2, 0.25) is 0 Å². The van der Waals surface area contributed by atoms with Crippen LogP contribution in [0.25, 0.3) is 0 Å². The lowest BCUT2D eigenvalue weighted by atomic mass is 10.2. The van der Waals surface area contributed by atoms with Crippen molar-refractivity contribution < 1.29 is 19.6 Å². The number of rotatable bonds is 7. The third-order valence-corrected chi connectivity index (χ3v) is 3.04. The molecule has 0 amide bonds. The predicted octanol–water partition coefficient (Wildman–Crippen LogP) is 1.70. The van der Waals surface area contributed by atoms with Gasteiger partial charge in [0.25, 0.3) is 0 Å². The molecule has 1 unspecified atom stereocenters. The Kier molecular flexibility index (Phi) is 4.19. The number of nitrogens with zero attached hydrogens (tertiary/aromatic N) is 1. The second-order valence-corrected chi connectivity index (χ2v) is 4.81. The van der Waals surface area contributed by atoms with Crippen molar-refractivity contribution in [1.29, 1.82) is 0 Å². The Morgan fingerprint density at radius 2 is 2.30 bits per heavy atom. The van der Waals surface area contributed by atoms with Crippen LogP contribution in [0.1, 0.15) is 25.3 Å². The van der Waals surface area contributed by atoms with Crippen LogP contribution in [0, 0.1) is 10.1 Å². The van der Waals surface area contributed by atoms with Crippen molar-refractivity contribution in [2.75, 3.05) is 0 Å². The summed E-state index contributed by atoms with van der Waals surface area (Å²) in [5, 5.41) is 23.0. The summed E-state index contributed by atoms with van der Waals surface area (Å²) in [5.74, 6) is -1.18. The van der Waals surface area contributed by atoms with E-state index in [1.54, 1.807) is 6.07 Å². The Balaban J connectivity index is 2.16. The third-order valence-electron chi connectivity index (χ3n) is 3.04. The summed E-state index contributed by atoms with van der Waals surface area (Å²) in [6.07, 6.45) is 1.15. The summed E-state index contributed by atoms with van der Waals surface area (Å²) in [4.78, 5) is 21.1. The summed E-state index contributed by atoms with van der Waals surface area (Å²) in [5.41, 5.74) is 0.600. The number of aliphatic carboxylic acids is 1. The molecule has 7 heteroatoms. The summed E-state index contributed by atoms with van der Waals surface area (Å²) >= 11 is 0. The van der Waals surface area contributed by atoms with Crippen LogP contribution in [-0.2, 0) is 11.3 Å². The quantitative estimate of drug-likeness (QED) is 0.582. The Morgan fingerprint density at radius 1 is 1.60 bits per heavy atom. The molecule has 0 bridgehead atoms. The van der Waals surface area contributed by atoms with Crippen molar-refractivity contribution in [2.45, 2.75) is 38.5 Å². The van der Waals surface area contributed by atoms with Gasteiger partial charge in [-0.15, -0.1) is 0 Å². The molecule has 0 spiro atoms. The zero-order valence-corrected chi connectivity index (χ0v) is 11.0. The zero-order chi connectivity index (χ0) is 14.7. The van der Waals surface area contributed by atoms with Crippen molar-refractivity contribution in [3.05, 3.63) is 33.9 Å². The SMILES string of the molecule is CC(Oc1cc(CNC2CC2)ccc1[N+](=O)[O-])C(=O)O. The van der Waals surface area contributed by atoms with Gasteiger partial charge in [-0.25, -0.2) is 4.79 Å². The van der Waals surface area contributed by atoms with E-state index in [1.165, 1.54) is 19.1 Å². The number of nitro groups is 1. The van der Waals surface area contributed by atoms with Crippen molar-refractivity contribution >= 4 is 11.7 Å². The minimum Gasteiger partial charge on any atom is -0.479 e. The van der Waals surface area contributed by atoms with Crippen molar-refractivity contribution in [1.82, 2.24) is 5.32 Å². The minimum absolute atomic E-state index is 0.0139. The molecular weight excluding hydrogens is 264 g/mol. The molecule has 1 aliphatic carbocycles. The smallest absolute Gasteiger partial charge is 0.344 e. The average Bonchev–Trinajstić information content (AvgIpc) is 3.20. The predicted molar refractivity (Wildman–Crippen MR) is 70.7 cm³/mol. The van der Waals surface area contributed by atoms with Gasteiger partial charge >= 0.3 is 11.7 Å². The summed E-state index contributed by atoms with van der Waals surface area (Å²) < 4.78 is 5.16. The fourth-order valence-corrected chi connectivity index (χ4v) is 1.70. The monoisotopic (exact) mass is 280 g/mol. The molecule has 2 N–H and O–H groups in total. The molecule has 0 aliphatic heterocycles. The molecule has 0 saturated heterocycles. The highest BCUT2D eigenvalue weighted by atomic mass is 16.6. The number of hydrogen-bond acceptors (Lipinski definition) is 5. The van der Waals surface area contributed by atoms with Gasteiger partial charge in [-0.1, -0.05) is 6.07 Å². The fraction of sp³-hybridized carbons (Fsp3) is 0.462. The average molecular weight is 280 g/mol. The first-order valence-corrected chi connectivity index (χ1v) is 6.37. The number of carbonyl (C=O) groups is 1. The molecule has 20 heavy (non-hydrogen) atoms. The van der Waals surface area contributed by atoms with Crippen LogP contribution < -0.4 is 10.1 Å². The fourth-order valence-electron chi connectivity index (χ4n) is 1.70. The van der Waals surface area contributed by atoms with Crippen LogP contribution in [0.3, 0.4) is 0 Å². The minimum atomic E-state index is -1.17. The first-order chi connectivity index (χ1) is 9.47. The molecule has 0 heterocycles. The molecule has 2 rings (SSSR count). The Labute approximate surface area is 115 Å². The molecule has 0 radical (unpaired) electrons. The van der Waals surface area contributed by atoms with Gasteiger partial charge in [0.1, 0.15) is 0 Å². The maximum absolute atomic E-state index is 10.9. The van der Waals surface area contributed by atoms with Crippen LogP contribution in [0.4, 0.5) is 5.69 Å². The molecular formula is C13H16N2O5. The number of benzene rings is 1. The third kappa shape index (κ3) is 3.67. The zero-order valence-electron chi connectivity index (χ0n) is 11.0. The van der Waals surface area contributed by atoms with Crippen LogP contribution in [0.5, 0.6) is 5.75 Å². The maximum Gasteiger partial charge on any atom is 0.344 e. The van der Waals surface area contributed by atoms with E-state index in [0.29, 0.717) is 12.6 Å². The van der Waals surface area contributed by atoms with Gasteiger partial charge in [-0.05, 0) is 31.4 Å². The molecule has 1 atom stereocenters. The van der Waals surface area contributed by atoms with Gasteiger partial charge < -0.3 is 15.2 Å². The molecule has 1 aromatic carbocycles. The van der Waals surface area contributed by atoms with Crippen molar-refractivity contribution in [3.8, 4) is 5.75 Å². The Bertz CT molecular complexity index is 527. The number of carboxylic acids is 1. The molecule has 0 aromatic heterocycles. The highest BCUT2D eigenvalue weighted by Gasteiger charge is 2.23. The number of hydrogen-bond donors (Lipinski definition) is 2. The highest BCUT2D eigenvalue weighted by molar-refractivity contribution is 5.72. The lowest BCUT2D eigenvalue weighted by molar-refractivity contribution is -0.386. The molecule has 1 saturated carbocycles. The lowest BCUT2D eigenvalue weighted by Gasteiger charge is -2.12. The van der Waals surface area contributed by atoms with Crippen LogP contribution >= 0.6 is 0 Å². The second kappa shape index (κ2) is 5.87. The number of carboxylic acid groups (broad SMARTS) is 1. The number of nitrogens with one attached hydrogen (secondary N) is 1. The summed E-state index contributed by atoms with van der Waals surface area (Å²) in [7, 11) is 0. The van der Waals surface area contributed by atoms with E-state index < -0.39 is 17.0 Å². The topological polar surface area (TPSA) is 102 Å². The first-order valence-electron chi connectivity index (χ1n) is 6.37. The van der Waals surface area contributed by atoms with Gasteiger partial charge in [-0.3, -0.25) is 10.1 Å². The van der Waals surface area contributed by atoms with E-state index in [4.69, 9.17) is 9.84 Å². The highest BCUT2D eigenvalue weighted by Crippen LogP contribution is 2.29. The van der Waals surface area contributed by atoms with Gasteiger partial charge in [0, 0.05) is 18.7 Å². The molecule has 7 nitrogen and oxygen atoms in total. The van der Waals surface area contributed by atoms with Crippen LogP contribution in [-0.4, -0.2) is 28.1 Å². The normalized spacial score (nSPS) is 15.7. The molecule has 108 valence electrons. The first kappa shape index (κ1) is 14.3. The standard InChI is InChI=1S/C13H16N2O5/c1-8(13(16)17)20-12-6-9(7-14-10-3-4-10)2-5-11(12)15(18)19/h2,5-6,8,10,14H,3-4,7H2,1H3,(H,16,17). The van der Waals surface area contributed by atoms with E-state index >= 15 is 0 Å². The van der Waals surface area contributed by atoms with E-state index in [2.05, 4.69) is 5.32 Å². The van der Waals surface area contributed by atoms with Crippen LogP contribution in [0.2, 0.25) is 0 Å². The Morgan fingerprint density at radius 3 is 2.85 bits per heavy atom. The van der Waals surface area contributed by atoms with Gasteiger partial charge in [0.15, 0.2) is 11.9 Å². The van der Waals surface area contributed by atoms with Gasteiger partial charge in [0.05, 0.1) is 4.92 Å². The van der Waals surface area contributed by atoms with E-state index in [1.807, 2.05) is 0 Å². The second-order valence-electron chi connectivity index (χ2n) is 4.81. The van der Waals surface area contributed by atoms with Crippen molar-refractivity contribution in [3.63, 3.8) is 0 Å². The Hall–Kier alpha value is -2.15. The van der Waals surface area contributed by atoms with E-state index in [9.17, 15) is 14.9 Å². The summed E-state index contributed by atoms with van der Waals surface area (Å²) in [6.45, 7) is 1.92. The maximum atomic E-state index is 10.9. The van der Waals surface area contributed by atoms with E-state index in [0.717, 1.165) is 18.4 Å². The number of ether oxygens (including phenoxy) is 1. The molecule has 1 fully saturated rings. The lowest BCUT2D eigenvalue weighted by Crippen LogP contribution is -2.23. The number of nitro benzene ring substituents is 1. The largest absolute Gasteiger partial charge is 0.479 e. The molecule has 1 aromatic rings. The van der Waals surface area contributed by atoms with Gasteiger partial charge in [-0.2, -0.15) is 0 Å². The van der Waals surface area contributed by atoms with Crippen LogP contribution in [0.15, 0.2) is 18.2 Å².